The molecule has 2 heterocycles. The quantitative estimate of drug-likeness (QED) is 0.419. The minimum atomic E-state index is 0.976. The molecule has 0 unspecified atom stereocenters. The Morgan fingerprint density at radius 1 is 1.06 bits per heavy atom. The number of nitrogens with zero attached hydrogens (tertiary/aromatic N) is 3. The molecule has 0 saturated carbocycles. The van der Waals surface area contributed by atoms with Crippen LogP contribution in [0.3, 0.4) is 0 Å². The van der Waals surface area contributed by atoms with Crippen molar-refractivity contribution in [2.45, 2.75) is 6.92 Å². The summed E-state index contributed by atoms with van der Waals surface area (Å²) < 4.78 is 1.99. The first-order valence-corrected chi connectivity index (χ1v) is 5.26. The highest BCUT2D eigenvalue weighted by atomic mass is 15.0. The molecule has 0 spiro atoms. The largest absolute Gasteiger partial charge is 0.287 e. The summed E-state index contributed by atoms with van der Waals surface area (Å²) in [5.74, 6) is 0. The lowest BCUT2D eigenvalue weighted by atomic mass is 10.1. The third kappa shape index (κ3) is 1.18. The van der Waals surface area contributed by atoms with Gasteiger partial charge in [-0.15, -0.1) is 0 Å². The monoisotopic (exact) mass is 210 g/mol. The average molecular weight is 210 g/mol. The van der Waals surface area contributed by atoms with E-state index in [2.05, 4.69) is 29.0 Å². The van der Waals surface area contributed by atoms with Gasteiger partial charge in [-0.05, 0) is 18.0 Å². The van der Waals surface area contributed by atoms with Gasteiger partial charge < -0.3 is 0 Å². The minimum Gasteiger partial charge on any atom is -0.248 e. The van der Waals surface area contributed by atoms with Crippen molar-refractivity contribution in [1.82, 2.24) is 9.97 Å². The maximum atomic E-state index is 4.49. The van der Waals surface area contributed by atoms with E-state index in [-0.39, 0.29) is 0 Å². The highest BCUT2D eigenvalue weighted by molar-refractivity contribution is 6.02. The van der Waals surface area contributed by atoms with Crippen LogP contribution in [0.2, 0.25) is 0 Å². The number of fused-ring (bicyclic) bond motifs is 3. The second-order valence-electron chi connectivity index (χ2n) is 3.98. The standard InChI is InChI=1S/C13H12N3/c1-9-12-13(15-8-16(9)2)11-6-4-3-5-10(11)7-14-12/h3-8H,1-2H3/q+1. The van der Waals surface area contributed by atoms with Crippen molar-refractivity contribution in [2.75, 3.05) is 0 Å². The first-order chi connectivity index (χ1) is 7.77. The molecule has 3 heteroatoms. The zero-order valence-electron chi connectivity index (χ0n) is 9.31. The van der Waals surface area contributed by atoms with Gasteiger partial charge in [0, 0.05) is 17.0 Å². The highest BCUT2D eigenvalue weighted by Gasteiger charge is 2.12. The van der Waals surface area contributed by atoms with E-state index in [1.807, 2.05) is 36.3 Å². The van der Waals surface area contributed by atoms with Gasteiger partial charge >= 0.3 is 0 Å². The Bertz CT molecular complexity index is 689. The molecule has 3 nitrogen and oxygen atoms in total. The van der Waals surface area contributed by atoms with Crippen LogP contribution in [0.1, 0.15) is 5.69 Å². The molecule has 0 aliphatic rings. The zero-order chi connectivity index (χ0) is 11.1. The van der Waals surface area contributed by atoms with E-state index in [1.54, 1.807) is 0 Å². The fourth-order valence-electron chi connectivity index (χ4n) is 1.94. The third-order valence-electron chi connectivity index (χ3n) is 3.00. The maximum Gasteiger partial charge on any atom is 0.287 e. The van der Waals surface area contributed by atoms with Gasteiger partial charge in [-0.1, -0.05) is 18.2 Å². The summed E-state index contributed by atoms with van der Waals surface area (Å²) in [6.45, 7) is 2.06. The van der Waals surface area contributed by atoms with Crippen molar-refractivity contribution in [3.05, 3.63) is 42.5 Å². The number of pyridine rings is 1. The fraction of sp³-hybridized carbons (Fsp3) is 0.154. The van der Waals surface area contributed by atoms with Crippen LogP contribution in [0.5, 0.6) is 0 Å². The van der Waals surface area contributed by atoms with E-state index in [1.165, 1.54) is 0 Å². The van der Waals surface area contributed by atoms with Gasteiger partial charge in [0.15, 0.2) is 5.52 Å². The predicted molar refractivity (Wildman–Crippen MR) is 63.0 cm³/mol. The summed E-state index contributed by atoms with van der Waals surface area (Å²) in [5.41, 5.74) is 3.09. The molecule has 0 radical (unpaired) electrons. The molecule has 0 bridgehead atoms. The summed E-state index contributed by atoms with van der Waals surface area (Å²) in [6.07, 6.45) is 3.75. The van der Waals surface area contributed by atoms with Gasteiger partial charge in [0.25, 0.3) is 6.33 Å². The van der Waals surface area contributed by atoms with Crippen LogP contribution in [0.25, 0.3) is 21.8 Å². The Morgan fingerprint density at radius 3 is 2.75 bits per heavy atom. The van der Waals surface area contributed by atoms with Gasteiger partial charge in [0.1, 0.15) is 5.69 Å². The molecule has 0 atom stereocenters. The Kier molecular flexibility index (Phi) is 1.86. The van der Waals surface area contributed by atoms with Crippen molar-refractivity contribution < 1.29 is 4.57 Å². The molecular formula is C13H12N3+. The van der Waals surface area contributed by atoms with Crippen LogP contribution < -0.4 is 4.57 Å². The minimum absolute atomic E-state index is 0.976. The third-order valence-corrected chi connectivity index (χ3v) is 3.00. The first-order valence-electron chi connectivity index (χ1n) is 5.26. The smallest absolute Gasteiger partial charge is 0.248 e. The molecule has 3 rings (SSSR count). The highest BCUT2D eigenvalue weighted by Crippen LogP contribution is 2.21. The van der Waals surface area contributed by atoms with Gasteiger partial charge in [0.05, 0.1) is 7.05 Å². The second kappa shape index (κ2) is 3.23. The number of aryl methyl sites for hydroxylation is 2. The zero-order valence-corrected chi connectivity index (χ0v) is 9.31. The Balaban J connectivity index is 2.58. The van der Waals surface area contributed by atoms with Crippen LogP contribution in [-0.2, 0) is 7.05 Å². The van der Waals surface area contributed by atoms with E-state index in [4.69, 9.17) is 0 Å². The van der Waals surface area contributed by atoms with E-state index >= 15 is 0 Å². The topological polar surface area (TPSA) is 29.7 Å². The van der Waals surface area contributed by atoms with E-state index in [9.17, 15) is 0 Å². The number of hydrogen-bond acceptors (Lipinski definition) is 2. The predicted octanol–water partition coefficient (Wildman–Crippen LogP) is 1.92. The molecule has 0 fully saturated rings. The molecular weight excluding hydrogens is 198 g/mol. The van der Waals surface area contributed by atoms with Crippen molar-refractivity contribution >= 4 is 21.8 Å². The molecule has 1 aromatic carbocycles. The molecule has 0 amide bonds. The van der Waals surface area contributed by atoms with Crippen molar-refractivity contribution in [1.29, 1.82) is 0 Å². The van der Waals surface area contributed by atoms with Crippen LogP contribution in [0.4, 0.5) is 0 Å². The number of hydrogen-bond donors (Lipinski definition) is 0. The summed E-state index contributed by atoms with van der Waals surface area (Å²) >= 11 is 0. The Hall–Kier alpha value is -2.03. The van der Waals surface area contributed by atoms with E-state index in [0.29, 0.717) is 0 Å². The summed E-state index contributed by atoms with van der Waals surface area (Å²) in [6, 6.07) is 8.20. The Morgan fingerprint density at radius 2 is 1.88 bits per heavy atom. The van der Waals surface area contributed by atoms with Gasteiger partial charge in [-0.3, -0.25) is 0 Å². The van der Waals surface area contributed by atoms with Crippen LogP contribution in [0, 0.1) is 6.92 Å². The van der Waals surface area contributed by atoms with Gasteiger partial charge in [-0.25, -0.2) is 9.55 Å². The fourth-order valence-corrected chi connectivity index (χ4v) is 1.94. The lowest BCUT2D eigenvalue weighted by Gasteiger charge is -2.01. The molecule has 0 aliphatic carbocycles. The molecule has 0 N–H and O–H groups in total. The summed E-state index contributed by atoms with van der Waals surface area (Å²) in [7, 11) is 1.98. The van der Waals surface area contributed by atoms with Crippen LogP contribution >= 0.6 is 0 Å². The van der Waals surface area contributed by atoms with Gasteiger partial charge in [0.2, 0.25) is 5.52 Å². The molecule has 0 aliphatic heterocycles. The molecule has 3 aromatic rings. The lowest BCUT2D eigenvalue weighted by Crippen LogP contribution is -2.32. The van der Waals surface area contributed by atoms with Crippen molar-refractivity contribution in [3.63, 3.8) is 0 Å². The summed E-state index contributed by atoms with van der Waals surface area (Å²) in [4.78, 5) is 8.96. The Labute approximate surface area is 93.4 Å². The maximum absolute atomic E-state index is 4.49. The van der Waals surface area contributed by atoms with Gasteiger partial charge in [-0.2, -0.15) is 0 Å². The first kappa shape index (κ1) is 9.21. The normalized spacial score (nSPS) is 11.1. The molecule has 2 aromatic heterocycles. The molecule has 78 valence electrons. The van der Waals surface area contributed by atoms with Crippen LogP contribution in [0.15, 0.2) is 36.8 Å². The number of aromatic nitrogens is 3. The van der Waals surface area contributed by atoms with Crippen molar-refractivity contribution in [3.8, 4) is 0 Å². The number of rotatable bonds is 0. The SMILES string of the molecule is Cc1c2ncc3ccccc3c2nc[n+]1C. The van der Waals surface area contributed by atoms with Crippen LogP contribution in [-0.4, -0.2) is 9.97 Å². The molecule has 0 saturated heterocycles. The summed E-state index contributed by atoms with van der Waals surface area (Å²) in [5, 5.41) is 2.30. The van der Waals surface area contributed by atoms with E-state index < -0.39 is 0 Å². The second-order valence-corrected chi connectivity index (χ2v) is 3.98. The average Bonchev–Trinajstić information content (AvgIpc) is 2.33. The lowest BCUT2D eigenvalue weighted by molar-refractivity contribution is -0.679. The number of benzene rings is 1. The van der Waals surface area contributed by atoms with E-state index in [0.717, 1.165) is 27.5 Å². The molecule has 16 heavy (non-hydrogen) atoms. The van der Waals surface area contributed by atoms with Crippen molar-refractivity contribution in [2.24, 2.45) is 7.05 Å².